The Kier molecular flexibility index (Phi) is 6.09. The van der Waals surface area contributed by atoms with Gasteiger partial charge in [0, 0.05) is 13.2 Å². The largest absolute Gasteiger partial charge is 0.465 e. The zero-order chi connectivity index (χ0) is 13.6. The van der Waals surface area contributed by atoms with E-state index < -0.39 is 5.54 Å². The van der Waals surface area contributed by atoms with Gasteiger partial charge in [0.05, 0.1) is 12.7 Å². The van der Waals surface area contributed by atoms with Crippen LogP contribution in [0.25, 0.3) is 0 Å². The van der Waals surface area contributed by atoms with Crippen molar-refractivity contribution < 1.29 is 14.3 Å². The van der Waals surface area contributed by atoms with E-state index in [1.54, 1.807) is 7.11 Å². The summed E-state index contributed by atoms with van der Waals surface area (Å²) < 4.78 is 10.6. The Bertz CT molecular complexity index is 260. The molecule has 1 fully saturated rings. The van der Waals surface area contributed by atoms with Crippen LogP contribution in [0.5, 0.6) is 0 Å². The van der Waals surface area contributed by atoms with Crippen LogP contribution in [0.3, 0.4) is 0 Å². The summed E-state index contributed by atoms with van der Waals surface area (Å²) in [6.07, 6.45) is 4.72. The fourth-order valence-electron chi connectivity index (χ4n) is 2.57. The van der Waals surface area contributed by atoms with Gasteiger partial charge in [0.25, 0.3) is 0 Å². The number of esters is 1. The van der Waals surface area contributed by atoms with Crippen LogP contribution in [0.1, 0.15) is 52.9 Å². The lowest BCUT2D eigenvalue weighted by molar-refractivity contribution is -0.154. The Morgan fingerprint density at radius 3 is 2.44 bits per heavy atom. The van der Waals surface area contributed by atoms with E-state index in [1.165, 1.54) is 0 Å². The highest BCUT2D eigenvalue weighted by Crippen LogP contribution is 2.31. The Labute approximate surface area is 110 Å². The van der Waals surface area contributed by atoms with E-state index in [4.69, 9.17) is 9.47 Å². The molecule has 1 N–H and O–H groups in total. The lowest BCUT2D eigenvalue weighted by atomic mass is 9.79. The minimum Gasteiger partial charge on any atom is -0.465 e. The standard InChI is InChI=1S/C14H27NO3/c1-5-11(3)15-14(13(16)18-6-2)9-7-12(17-4)8-10-14/h11-12,15H,5-10H2,1-4H3. The summed E-state index contributed by atoms with van der Waals surface area (Å²) >= 11 is 0. The van der Waals surface area contributed by atoms with Crippen LogP contribution in [0, 0.1) is 0 Å². The second kappa shape index (κ2) is 7.10. The van der Waals surface area contributed by atoms with Gasteiger partial charge in [0.2, 0.25) is 0 Å². The van der Waals surface area contributed by atoms with Gasteiger partial charge in [0.1, 0.15) is 5.54 Å². The molecule has 1 atom stereocenters. The van der Waals surface area contributed by atoms with Crippen molar-refractivity contribution in [2.24, 2.45) is 0 Å². The van der Waals surface area contributed by atoms with Gasteiger partial charge in [-0.25, -0.2) is 0 Å². The van der Waals surface area contributed by atoms with Crippen LogP contribution in [-0.2, 0) is 14.3 Å². The first-order chi connectivity index (χ1) is 8.57. The van der Waals surface area contributed by atoms with Gasteiger partial charge in [-0.3, -0.25) is 10.1 Å². The summed E-state index contributed by atoms with van der Waals surface area (Å²) in [5.74, 6) is -0.0974. The molecule has 1 unspecified atom stereocenters. The summed E-state index contributed by atoms with van der Waals surface area (Å²) in [5.41, 5.74) is -0.500. The Morgan fingerprint density at radius 1 is 1.39 bits per heavy atom. The fourth-order valence-corrected chi connectivity index (χ4v) is 2.57. The van der Waals surface area contributed by atoms with E-state index >= 15 is 0 Å². The number of ether oxygens (including phenoxy) is 2. The molecule has 0 amide bonds. The highest BCUT2D eigenvalue weighted by molar-refractivity contribution is 5.81. The molecule has 0 radical (unpaired) electrons. The number of carbonyl (C=O) groups is 1. The first-order valence-electron chi connectivity index (χ1n) is 7.05. The molecule has 1 aliphatic rings. The molecule has 0 aliphatic heterocycles. The third-order valence-corrected chi connectivity index (χ3v) is 3.92. The molecule has 4 nitrogen and oxygen atoms in total. The number of methoxy groups -OCH3 is 1. The molecule has 0 bridgehead atoms. The summed E-state index contributed by atoms with van der Waals surface area (Å²) in [5, 5.41) is 3.48. The Balaban J connectivity index is 2.72. The molecule has 0 aromatic rings. The Hall–Kier alpha value is -0.610. The number of nitrogens with one attached hydrogen (secondary N) is 1. The molecule has 0 saturated heterocycles. The highest BCUT2D eigenvalue weighted by Gasteiger charge is 2.43. The zero-order valence-corrected chi connectivity index (χ0v) is 12.1. The smallest absolute Gasteiger partial charge is 0.326 e. The van der Waals surface area contributed by atoms with E-state index in [-0.39, 0.29) is 12.1 Å². The van der Waals surface area contributed by atoms with Crippen molar-refractivity contribution in [1.82, 2.24) is 5.32 Å². The van der Waals surface area contributed by atoms with Gasteiger partial charge < -0.3 is 9.47 Å². The number of rotatable bonds is 6. The van der Waals surface area contributed by atoms with Crippen molar-refractivity contribution >= 4 is 5.97 Å². The molecule has 1 saturated carbocycles. The monoisotopic (exact) mass is 257 g/mol. The number of hydrogen-bond acceptors (Lipinski definition) is 4. The number of carbonyl (C=O) groups excluding carboxylic acids is 1. The number of hydrogen-bond donors (Lipinski definition) is 1. The average molecular weight is 257 g/mol. The predicted octanol–water partition coefficient (Wildman–Crippen LogP) is 2.27. The SMILES string of the molecule is CCOC(=O)C1(NC(C)CC)CCC(OC)CC1. The van der Waals surface area contributed by atoms with Crippen LogP contribution in [0.4, 0.5) is 0 Å². The van der Waals surface area contributed by atoms with Gasteiger partial charge in [-0.05, 0) is 46.0 Å². The first-order valence-corrected chi connectivity index (χ1v) is 7.05. The second-order valence-corrected chi connectivity index (χ2v) is 5.19. The van der Waals surface area contributed by atoms with Crippen LogP contribution in [0.2, 0.25) is 0 Å². The van der Waals surface area contributed by atoms with Crippen molar-refractivity contribution in [3.63, 3.8) is 0 Å². The molecule has 106 valence electrons. The van der Waals surface area contributed by atoms with Crippen LogP contribution < -0.4 is 5.32 Å². The van der Waals surface area contributed by atoms with Crippen molar-refractivity contribution in [2.45, 2.75) is 70.6 Å². The maximum atomic E-state index is 12.2. The molecule has 0 heterocycles. The maximum absolute atomic E-state index is 12.2. The summed E-state index contributed by atoms with van der Waals surface area (Å²) in [6, 6.07) is 0.327. The third kappa shape index (κ3) is 3.69. The highest BCUT2D eigenvalue weighted by atomic mass is 16.5. The Morgan fingerprint density at radius 2 is 2.00 bits per heavy atom. The minimum absolute atomic E-state index is 0.0974. The molecule has 0 spiro atoms. The molecular formula is C14H27NO3. The van der Waals surface area contributed by atoms with Crippen molar-refractivity contribution in [1.29, 1.82) is 0 Å². The first kappa shape index (κ1) is 15.4. The molecule has 1 rings (SSSR count). The zero-order valence-electron chi connectivity index (χ0n) is 12.1. The van der Waals surface area contributed by atoms with Gasteiger partial charge in [-0.2, -0.15) is 0 Å². The van der Waals surface area contributed by atoms with Crippen molar-refractivity contribution in [3.8, 4) is 0 Å². The molecule has 1 aliphatic carbocycles. The van der Waals surface area contributed by atoms with Crippen molar-refractivity contribution in [2.75, 3.05) is 13.7 Å². The summed E-state index contributed by atoms with van der Waals surface area (Å²) in [6.45, 7) is 6.53. The van der Waals surface area contributed by atoms with Gasteiger partial charge in [-0.1, -0.05) is 6.92 Å². The van der Waals surface area contributed by atoms with Gasteiger partial charge >= 0.3 is 5.97 Å². The molecule has 0 aromatic carbocycles. The average Bonchev–Trinajstić information content (AvgIpc) is 2.39. The minimum atomic E-state index is -0.500. The third-order valence-electron chi connectivity index (χ3n) is 3.92. The molecular weight excluding hydrogens is 230 g/mol. The summed E-state index contributed by atoms with van der Waals surface area (Å²) in [4.78, 5) is 12.2. The topological polar surface area (TPSA) is 47.6 Å². The van der Waals surface area contributed by atoms with Crippen LogP contribution >= 0.6 is 0 Å². The van der Waals surface area contributed by atoms with Gasteiger partial charge in [0.15, 0.2) is 0 Å². The van der Waals surface area contributed by atoms with E-state index in [2.05, 4.69) is 19.2 Å². The lowest BCUT2D eigenvalue weighted by Gasteiger charge is -2.40. The van der Waals surface area contributed by atoms with E-state index in [0.717, 1.165) is 32.1 Å². The van der Waals surface area contributed by atoms with Crippen LogP contribution in [-0.4, -0.2) is 37.4 Å². The summed E-state index contributed by atoms with van der Waals surface area (Å²) in [7, 11) is 1.74. The van der Waals surface area contributed by atoms with E-state index in [0.29, 0.717) is 12.6 Å². The normalized spacial score (nSPS) is 29.9. The lowest BCUT2D eigenvalue weighted by Crippen LogP contribution is -2.58. The van der Waals surface area contributed by atoms with E-state index in [1.807, 2.05) is 6.92 Å². The predicted molar refractivity (Wildman–Crippen MR) is 71.5 cm³/mol. The molecule has 0 aromatic heterocycles. The second-order valence-electron chi connectivity index (χ2n) is 5.19. The molecule has 18 heavy (non-hydrogen) atoms. The molecule has 4 heteroatoms. The quantitative estimate of drug-likeness (QED) is 0.742. The maximum Gasteiger partial charge on any atom is 0.326 e. The van der Waals surface area contributed by atoms with Crippen LogP contribution in [0.15, 0.2) is 0 Å². The van der Waals surface area contributed by atoms with E-state index in [9.17, 15) is 4.79 Å². The van der Waals surface area contributed by atoms with Gasteiger partial charge in [-0.15, -0.1) is 0 Å². The van der Waals surface area contributed by atoms with Crippen molar-refractivity contribution in [3.05, 3.63) is 0 Å². The fraction of sp³-hybridized carbons (Fsp3) is 0.929.